The first-order valence-electron chi connectivity index (χ1n) is 6.18. The molecule has 0 saturated heterocycles. The van der Waals surface area contributed by atoms with Crippen molar-refractivity contribution < 1.29 is 14.6 Å². The second-order valence-electron chi connectivity index (χ2n) is 4.63. The Balaban J connectivity index is 3.91. The minimum Gasteiger partial charge on any atom is -0.389 e. The van der Waals surface area contributed by atoms with E-state index in [1.54, 1.807) is 21.1 Å². The van der Waals surface area contributed by atoms with E-state index in [0.717, 1.165) is 32.7 Å². The van der Waals surface area contributed by atoms with Crippen molar-refractivity contribution in [2.24, 2.45) is 5.73 Å². The predicted molar refractivity (Wildman–Crippen MR) is 69.1 cm³/mol. The monoisotopic (exact) mass is 248 g/mol. The number of methoxy groups -OCH3 is 2. The molecule has 0 aliphatic rings. The maximum atomic E-state index is 9.86. The van der Waals surface area contributed by atoms with Gasteiger partial charge in [0.05, 0.1) is 12.2 Å². The van der Waals surface area contributed by atoms with Crippen molar-refractivity contribution in [1.82, 2.24) is 4.90 Å². The van der Waals surface area contributed by atoms with Gasteiger partial charge in [0, 0.05) is 47.0 Å². The molecule has 0 aromatic carbocycles. The van der Waals surface area contributed by atoms with Crippen molar-refractivity contribution >= 4 is 0 Å². The summed E-state index contributed by atoms with van der Waals surface area (Å²) in [5.74, 6) is 0. The minimum atomic E-state index is -0.771. The van der Waals surface area contributed by atoms with E-state index >= 15 is 0 Å². The zero-order valence-electron chi connectivity index (χ0n) is 11.4. The molecule has 0 heterocycles. The molecular formula is C12H28N2O3. The third kappa shape index (κ3) is 9.50. The highest BCUT2D eigenvalue weighted by Gasteiger charge is 2.19. The molecule has 0 radical (unpaired) electrons. The van der Waals surface area contributed by atoms with Gasteiger partial charge in [-0.1, -0.05) is 0 Å². The van der Waals surface area contributed by atoms with Crippen molar-refractivity contribution in [2.45, 2.75) is 25.4 Å². The summed E-state index contributed by atoms with van der Waals surface area (Å²) in [7, 11) is 3.40. The maximum Gasteiger partial charge on any atom is 0.0753 e. The average Bonchev–Trinajstić information content (AvgIpc) is 2.32. The van der Waals surface area contributed by atoms with Gasteiger partial charge in [0.1, 0.15) is 0 Å². The van der Waals surface area contributed by atoms with Gasteiger partial charge in [0.25, 0.3) is 0 Å². The van der Waals surface area contributed by atoms with Crippen molar-refractivity contribution in [1.29, 1.82) is 0 Å². The van der Waals surface area contributed by atoms with Crippen LogP contribution in [0.5, 0.6) is 0 Å². The molecule has 5 nitrogen and oxygen atoms in total. The van der Waals surface area contributed by atoms with E-state index in [9.17, 15) is 5.11 Å². The van der Waals surface area contributed by atoms with E-state index in [2.05, 4.69) is 4.90 Å². The number of nitrogens with zero attached hydrogens (tertiary/aromatic N) is 1. The molecule has 0 rings (SSSR count). The molecule has 0 aliphatic heterocycles. The smallest absolute Gasteiger partial charge is 0.0753 e. The lowest BCUT2D eigenvalue weighted by atomic mass is 10.0. The van der Waals surface area contributed by atoms with E-state index in [0.29, 0.717) is 19.6 Å². The summed E-state index contributed by atoms with van der Waals surface area (Å²) in [4.78, 5) is 2.27. The molecular weight excluding hydrogens is 220 g/mol. The fraction of sp³-hybridized carbons (Fsp3) is 1.00. The standard InChI is InChI=1S/C12H28N2O3/c1-12(15,11-13)5-7-14(8-10-17-3)6-4-9-16-2/h15H,4-11,13H2,1-3H3. The lowest BCUT2D eigenvalue weighted by molar-refractivity contribution is 0.0424. The summed E-state index contributed by atoms with van der Waals surface area (Å²) in [6.07, 6.45) is 1.67. The number of hydrogen-bond acceptors (Lipinski definition) is 5. The number of nitrogens with two attached hydrogens (primary N) is 1. The number of aliphatic hydroxyl groups is 1. The summed E-state index contributed by atoms with van der Waals surface area (Å²) >= 11 is 0. The first-order chi connectivity index (χ1) is 8.05. The van der Waals surface area contributed by atoms with Gasteiger partial charge in [-0.05, 0) is 19.8 Å². The van der Waals surface area contributed by atoms with Gasteiger partial charge in [0.15, 0.2) is 0 Å². The highest BCUT2D eigenvalue weighted by molar-refractivity contribution is 4.75. The summed E-state index contributed by atoms with van der Waals surface area (Å²) < 4.78 is 10.1. The summed E-state index contributed by atoms with van der Waals surface area (Å²) in [5, 5.41) is 9.86. The zero-order chi connectivity index (χ0) is 13.1. The number of hydrogen-bond donors (Lipinski definition) is 2. The van der Waals surface area contributed by atoms with Crippen molar-refractivity contribution in [3.8, 4) is 0 Å². The van der Waals surface area contributed by atoms with E-state index < -0.39 is 5.60 Å². The van der Waals surface area contributed by atoms with Crippen LogP contribution in [0, 0.1) is 0 Å². The predicted octanol–water partition coefficient (Wildman–Crippen LogP) is 0.0711. The molecule has 104 valence electrons. The molecule has 0 spiro atoms. The van der Waals surface area contributed by atoms with E-state index in [-0.39, 0.29) is 0 Å². The molecule has 17 heavy (non-hydrogen) atoms. The second-order valence-corrected chi connectivity index (χ2v) is 4.63. The van der Waals surface area contributed by atoms with Crippen LogP contribution < -0.4 is 5.73 Å². The SMILES string of the molecule is COCCCN(CCOC)CCC(C)(O)CN. The average molecular weight is 248 g/mol. The van der Waals surface area contributed by atoms with Crippen LogP contribution in [0.2, 0.25) is 0 Å². The van der Waals surface area contributed by atoms with Crippen LogP contribution in [0.15, 0.2) is 0 Å². The lowest BCUT2D eigenvalue weighted by Gasteiger charge is -2.27. The van der Waals surface area contributed by atoms with Gasteiger partial charge in [0.2, 0.25) is 0 Å². The topological polar surface area (TPSA) is 68.0 Å². The van der Waals surface area contributed by atoms with Gasteiger partial charge in [-0.15, -0.1) is 0 Å². The van der Waals surface area contributed by atoms with Gasteiger partial charge < -0.3 is 25.2 Å². The van der Waals surface area contributed by atoms with Crippen LogP contribution >= 0.6 is 0 Å². The molecule has 3 N–H and O–H groups in total. The Morgan fingerprint density at radius 2 is 1.76 bits per heavy atom. The van der Waals surface area contributed by atoms with Crippen molar-refractivity contribution in [3.63, 3.8) is 0 Å². The summed E-state index contributed by atoms with van der Waals surface area (Å²) in [5.41, 5.74) is 4.73. The Bertz CT molecular complexity index is 177. The van der Waals surface area contributed by atoms with Crippen molar-refractivity contribution in [2.75, 3.05) is 53.6 Å². The lowest BCUT2D eigenvalue weighted by Crippen LogP contribution is -2.40. The van der Waals surface area contributed by atoms with Gasteiger partial charge in [-0.25, -0.2) is 0 Å². The van der Waals surface area contributed by atoms with E-state index in [1.165, 1.54) is 0 Å². The van der Waals surface area contributed by atoms with Crippen molar-refractivity contribution in [3.05, 3.63) is 0 Å². The molecule has 0 aromatic rings. The van der Waals surface area contributed by atoms with E-state index in [4.69, 9.17) is 15.2 Å². The molecule has 0 bridgehead atoms. The van der Waals surface area contributed by atoms with Crippen LogP contribution in [0.4, 0.5) is 0 Å². The largest absolute Gasteiger partial charge is 0.389 e. The minimum absolute atomic E-state index is 0.295. The Hall–Kier alpha value is -0.200. The van der Waals surface area contributed by atoms with Crippen LogP contribution in [-0.4, -0.2) is 69.2 Å². The Morgan fingerprint density at radius 3 is 2.29 bits per heavy atom. The number of ether oxygens (including phenoxy) is 2. The third-order valence-corrected chi connectivity index (χ3v) is 2.84. The fourth-order valence-corrected chi connectivity index (χ4v) is 1.49. The maximum absolute atomic E-state index is 9.86. The fourth-order valence-electron chi connectivity index (χ4n) is 1.49. The normalized spacial score (nSPS) is 15.2. The molecule has 0 amide bonds. The first-order valence-corrected chi connectivity index (χ1v) is 6.18. The third-order valence-electron chi connectivity index (χ3n) is 2.84. The van der Waals surface area contributed by atoms with Gasteiger partial charge in [-0.3, -0.25) is 0 Å². The van der Waals surface area contributed by atoms with Gasteiger partial charge in [-0.2, -0.15) is 0 Å². The molecule has 0 fully saturated rings. The summed E-state index contributed by atoms with van der Waals surface area (Å²) in [6.45, 7) is 6.20. The quantitative estimate of drug-likeness (QED) is 0.507. The second kappa shape index (κ2) is 9.79. The first kappa shape index (κ1) is 16.8. The summed E-state index contributed by atoms with van der Waals surface area (Å²) in [6, 6.07) is 0. The Morgan fingerprint density at radius 1 is 1.12 bits per heavy atom. The molecule has 1 atom stereocenters. The molecule has 5 heteroatoms. The van der Waals surface area contributed by atoms with E-state index in [1.807, 2.05) is 0 Å². The highest BCUT2D eigenvalue weighted by Crippen LogP contribution is 2.08. The zero-order valence-corrected chi connectivity index (χ0v) is 11.4. The van der Waals surface area contributed by atoms with Crippen LogP contribution in [0.25, 0.3) is 0 Å². The Labute approximate surface area is 105 Å². The molecule has 0 aromatic heterocycles. The molecule has 0 saturated carbocycles. The van der Waals surface area contributed by atoms with Crippen LogP contribution in [0.3, 0.4) is 0 Å². The molecule has 1 unspecified atom stereocenters. The van der Waals surface area contributed by atoms with Gasteiger partial charge >= 0.3 is 0 Å². The number of rotatable bonds is 11. The highest BCUT2D eigenvalue weighted by atomic mass is 16.5. The molecule has 0 aliphatic carbocycles. The van der Waals surface area contributed by atoms with Crippen LogP contribution in [-0.2, 0) is 9.47 Å². The van der Waals surface area contributed by atoms with Crippen LogP contribution in [0.1, 0.15) is 19.8 Å². The Kier molecular flexibility index (Phi) is 9.68.